The fourth-order valence-corrected chi connectivity index (χ4v) is 4.01. The van der Waals surface area contributed by atoms with E-state index < -0.39 is 0 Å². The van der Waals surface area contributed by atoms with Gasteiger partial charge in [0.2, 0.25) is 5.91 Å². The van der Waals surface area contributed by atoms with Crippen LogP contribution in [-0.2, 0) is 4.79 Å². The van der Waals surface area contributed by atoms with Gasteiger partial charge in [0.1, 0.15) is 16.9 Å². The number of aromatic nitrogens is 3. The van der Waals surface area contributed by atoms with E-state index in [1.165, 1.54) is 11.8 Å². The highest BCUT2D eigenvalue weighted by molar-refractivity contribution is 8.00. The van der Waals surface area contributed by atoms with Crippen molar-refractivity contribution >= 4 is 23.4 Å². The molecule has 5 nitrogen and oxygen atoms in total. The molecule has 6 heteroatoms. The number of rotatable bonds is 6. The van der Waals surface area contributed by atoms with Crippen molar-refractivity contribution < 1.29 is 4.79 Å². The summed E-state index contributed by atoms with van der Waals surface area (Å²) in [6, 6.07) is 23.5. The first-order valence-electron chi connectivity index (χ1n) is 9.24. The number of amides is 1. The highest BCUT2D eigenvalue weighted by Gasteiger charge is 2.22. The van der Waals surface area contributed by atoms with Crippen LogP contribution in [0.3, 0.4) is 0 Å². The molecular formula is C23H20N4OS. The van der Waals surface area contributed by atoms with Crippen molar-refractivity contribution in [1.82, 2.24) is 14.5 Å². The molecule has 0 spiro atoms. The number of aryl methyl sites for hydroxylation is 1. The quantitative estimate of drug-likeness (QED) is 0.460. The number of anilines is 1. The molecule has 0 bridgehead atoms. The molecule has 1 N–H and O–H groups in total. The lowest BCUT2D eigenvalue weighted by molar-refractivity contribution is -0.115. The second-order valence-corrected chi connectivity index (χ2v) is 7.64. The number of carbonyl (C=O) groups excluding carboxylic acids is 1. The molecule has 1 unspecified atom stereocenters. The summed E-state index contributed by atoms with van der Waals surface area (Å²) in [5, 5.41) is 2.63. The number of thioether (sulfide) groups is 1. The predicted molar refractivity (Wildman–Crippen MR) is 116 cm³/mol. The van der Waals surface area contributed by atoms with E-state index in [0.29, 0.717) is 5.69 Å². The Balaban J connectivity index is 1.54. The lowest BCUT2D eigenvalue weighted by Gasteiger charge is -2.17. The molecule has 144 valence electrons. The Morgan fingerprint density at radius 3 is 2.31 bits per heavy atom. The van der Waals surface area contributed by atoms with Crippen LogP contribution in [0.5, 0.6) is 0 Å². The Morgan fingerprint density at radius 2 is 1.69 bits per heavy atom. The first-order chi connectivity index (χ1) is 14.2. The lowest BCUT2D eigenvalue weighted by atomic mass is 10.1. The van der Waals surface area contributed by atoms with Crippen molar-refractivity contribution in [1.29, 1.82) is 0 Å². The maximum absolute atomic E-state index is 13.1. The average molecular weight is 401 g/mol. The molecule has 0 aliphatic rings. The summed E-state index contributed by atoms with van der Waals surface area (Å²) < 4.78 is 1.89. The van der Waals surface area contributed by atoms with Gasteiger partial charge in [-0.3, -0.25) is 9.36 Å². The first-order valence-corrected chi connectivity index (χ1v) is 10.1. The summed E-state index contributed by atoms with van der Waals surface area (Å²) in [4.78, 5) is 22.8. The minimum absolute atomic E-state index is 0.0848. The number of benzene rings is 2. The maximum Gasteiger partial charge on any atom is 0.242 e. The highest BCUT2D eigenvalue weighted by atomic mass is 32.2. The molecule has 0 saturated carbocycles. The van der Waals surface area contributed by atoms with Gasteiger partial charge in [-0.1, -0.05) is 48.5 Å². The molecule has 2 aromatic carbocycles. The van der Waals surface area contributed by atoms with Crippen molar-refractivity contribution in [2.45, 2.75) is 17.1 Å². The van der Waals surface area contributed by atoms with Crippen molar-refractivity contribution in [3.8, 4) is 5.82 Å². The van der Waals surface area contributed by atoms with Crippen LogP contribution in [0.2, 0.25) is 0 Å². The third kappa shape index (κ3) is 4.55. The topological polar surface area (TPSA) is 59.8 Å². The lowest BCUT2D eigenvalue weighted by Crippen LogP contribution is -2.19. The molecule has 0 aliphatic carbocycles. The first kappa shape index (κ1) is 19.0. The molecule has 4 rings (SSSR count). The van der Waals surface area contributed by atoms with Gasteiger partial charge in [-0.25, -0.2) is 9.97 Å². The zero-order chi connectivity index (χ0) is 20.1. The number of nitrogens with zero attached hydrogens (tertiary/aromatic N) is 3. The second-order valence-electron chi connectivity index (χ2n) is 6.46. The maximum atomic E-state index is 13.1. The molecule has 1 amide bonds. The van der Waals surface area contributed by atoms with Gasteiger partial charge < -0.3 is 5.32 Å². The zero-order valence-electron chi connectivity index (χ0n) is 15.9. The largest absolute Gasteiger partial charge is 0.323 e. The summed E-state index contributed by atoms with van der Waals surface area (Å²) in [6.45, 7) is 1.92. The van der Waals surface area contributed by atoms with Crippen molar-refractivity contribution in [2.75, 3.05) is 5.32 Å². The SMILES string of the molecule is Cc1nccn1-c1ccc(NC(=O)C(Sc2ccccc2)c2ccccc2)cn1. The van der Waals surface area contributed by atoms with Crippen LogP contribution >= 0.6 is 11.8 Å². The van der Waals surface area contributed by atoms with E-state index in [4.69, 9.17) is 0 Å². The number of hydrogen-bond donors (Lipinski definition) is 1. The normalized spacial score (nSPS) is 11.8. The van der Waals surface area contributed by atoms with Gasteiger partial charge in [0.25, 0.3) is 0 Å². The smallest absolute Gasteiger partial charge is 0.242 e. The molecular weight excluding hydrogens is 380 g/mol. The number of carbonyl (C=O) groups is 1. The molecule has 2 aromatic heterocycles. The van der Waals surface area contributed by atoms with Crippen LogP contribution in [-0.4, -0.2) is 20.4 Å². The van der Waals surface area contributed by atoms with Crippen molar-refractivity contribution in [3.05, 3.63) is 103 Å². The summed E-state index contributed by atoms with van der Waals surface area (Å²) in [7, 11) is 0. The van der Waals surface area contributed by atoms with Crippen LogP contribution in [0, 0.1) is 6.92 Å². The Kier molecular flexibility index (Phi) is 5.72. The molecule has 1 atom stereocenters. The summed E-state index contributed by atoms with van der Waals surface area (Å²) in [5.41, 5.74) is 1.61. The van der Waals surface area contributed by atoms with Gasteiger partial charge in [-0.05, 0) is 36.8 Å². The van der Waals surface area contributed by atoms with Crippen LogP contribution in [0.1, 0.15) is 16.6 Å². The standard InChI is InChI=1S/C23H20N4OS/c1-17-24-14-15-27(17)21-13-12-19(16-25-21)26-23(28)22(18-8-4-2-5-9-18)29-20-10-6-3-7-11-20/h2-16,22H,1H3,(H,26,28). The van der Waals surface area contributed by atoms with Crippen LogP contribution in [0.15, 0.2) is 96.3 Å². The minimum Gasteiger partial charge on any atom is -0.323 e. The van der Waals surface area contributed by atoms with E-state index in [2.05, 4.69) is 15.3 Å². The molecule has 2 heterocycles. The minimum atomic E-state index is -0.367. The van der Waals surface area contributed by atoms with Gasteiger partial charge in [0, 0.05) is 17.3 Å². The molecule has 0 saturated heterocycles. The third-order valence-corrected chi connectivity index (χ3v) is 5.69. The van der Waals surface area contributed by atoms with E-state index in [1.807, 2.05) is 90.5 Å². The highest BCUT2D eigenvalue weighted by Crippen LogP contribution is 2.36. The molecule has 4 aromatic rings. The monoisotopic (exact) mass is 400 g/mol. The second kappa shape index (κ2) is 8.75. The number of pyridine rings is 1. The van der Waals surface area contributed by atoms with Gasteiger partial charge in [0.05, 0.1) is 11.9 Å². The Bertz CT molecular complexity index is 1080. The fraction of sp³-hybridized carbons (Fsp3) is 0.0870. The van der Waals surface area contributed by atoms with Crippen molar-refractivity contribution in [3.63, 3.8) is 0 Å². The van der Waals surface area contributed by atoms with Crippen LogP contribution in [0.4, 0.5) is 5.69 Å². The van der Waals surface area contributed by atoms with Crippen LogP contribution in [0.25, 0.3) is 5.82 Å². The number of hydrogen-bond acceptors (Lipinski definition) is 4. The van der Waals surface area contributed by atoms with Gasteiger partial charge in [-0.2, -0.15) is 0 Å². The Morgan fingerprint density at radius 1 is 0.966 bits per heavy atom. The van der Waals surface area contributed by atoms with E-state index in [1.54, 1.807) is 12.4 Å². The van der Waals surface area contributed by atoms with Gasteiger partial charge >= 0.3 is 0 Å². The van der Waals surface area contributed by atoms with E-state index in [0.717, 1.165) is 22.1 Å². The number of imidazole rings is 1. The summed E-state index contributed by atoms with van der Waals surface area (Å²) >= 11 is 1.53. The Labute approximate surface area is 173 Å². The Hall–Kier alpha value is -3.38. The molecule has 0 fully saturated rings. The van der Waals surface area contributed by atoms with Crippen molar-refractivity contribution in [2.24, 2.45) is 0 Å². The van der Waals surface area contributed by atoms with Crippen LogP contribution < -0.4 is 5.32 Å². The fourth-order valence-electron chi connectivity index (χ4n) is 2.97. The summed E-state index contributed by atoms with van der Waals surface area (Å²) in [6.07, 6.45) is 5.26. The zero-order valence-corrected chi connectivity index (χ0v) is 16.7. The van der Waals surface area contributed by atoms with Gasteiger partial charge in [0.15, 0.2) is 0 Å². The predicted octanol–water partition coefficient (Wildman–Crippen LogP) is 5.05. The van der Waals surface area contributed by atoms with E-state index >= 15 is 0 Å². The van der Waals surface area contributed by atoms with E-state index in [-0.39, 0.29) is 11.2 Å². The number of nitrogens with one attached hydrogen (secondary N) is 1. The molecule has 0 radical (unpaired) electrons. The molecule has 29 heavy (non-hydrogen) atoms. The summed E-state index contributed by atoms with van der Waals surface area (Å²) in [5.74, 6) is 1.53. The third-order valence-electron chi connectivity index (χ3n) is 4.43. The van der Waals surface area contributed by atoms with Gasteiger partial charge in [-0.15, -0.1) is 11.8 Å². The average Bonchev–Trinajstić information content (AvgIpc) is 3.20. The van der Waals surface area contributed by atoms with E-state index in [9.17, 15) is 4.79 Å². The molecule has 0 aliphatic heterocycles.